The van der Waals surface area contributed by atoms with E-state index >= 15 is 0 Å². The van der Waals surface area contributed by atoms with Crippen LogP contribution in [0.15, 0.2) is 67.0 Å². The Morgan fingerprint density at radius 1 is 0.967 bits per heavy atom. The Hall–Kier alpha value is -3.80. The van der Waals surface area contributed by atoms with Crippen molar-refractivity contribution in [3.8, 4) is 28.4 Å². The van der Waals surface area contributed by atoms with Gasteiger partial charge in [-0.25, -0.2) is 4.98 Å². The van der Waals surface area contributed by atoms with E-state index in [1.54, 1.807) is 37.1 Å². The average molecular weight is 402 g/mol. The summed E-state index contributed by atoms with van der Waals surface area (Å²) >= 11 is 0. The van der Waals surface area contributed by atoms with E-state index in [4.69, 9.17) is 14.2 Å². The van der Waals surface area contributed by atoms with Gasteiger partial charge in [-0.1, -0.05) is 18.2 Å². The second kappa shape index (κ2) is 8.29. The van der Waals surface area contributed by atoms with Crippen molar-refractivity contribution < 1.29 is 19.0 Å². The van der Waals surface area contributed by atoms with E-state index in [0.29, 0.717) is 35.1 Å². The van der Waals surface area contributed by atoms with Crippen LogP contribution in [-0.4, -0.2) is 36.3 Å². The molecule has 0 unspecified atom stereocenters. The van der Waals surface area contributed by atoms with Gasteiger partial charge in [0, 0.05) is 23.3 Å². The summed E-state index contributed by atoms with van der Waals surface area (Å²) in [6.07, 6.45) is 3.49. The normalized spacial score (nSPS) is 10.8. The Kier molecular flexibility index (Phi) is 5.39. The summed E-state index contributed by atoms with van der Waals surface area (Å²) in [5.74, 6) is 1.61. The lowest BCUT2D eigenvalue weighted by Crippen LogP contribution is -2.13. The van der Waals surface area contributed by atoms with Gasteiger partial charge in [-0.3, -0.25) is 9.36 Å². The standard InChI is InChI=1S/C24H22N2O4/c1-4-30-20-10-6-5-8-18(20)24(27)26-15-19(17-9-7-13-25-23(17)26)16-11-12-21(28-2)22(14-16)29-3/h5-15H,4H2,1-3H3. The van der Waals surface area contributed by atoms with Gasteiger partial charge in [0.05, 0.1) is 26.4 Å². The minimum Gasteiger partial charge on any atom is -0.493 e. The van der Waals surface area contributed by atoms with Gasteiger partial charge in [0.1, 0.15) is 11.4 Å². The molecule has 30 heavy (non-hydrogen) atoms. The Morgan fingerprint density at radius 2 is 1.77 bits per heavy atom. The number of para-hydroxylation sites is 1. The quantitative estimate of drug-likeness (QED) is 0.463. The molecule has 0 saturated heterocycles. The Morgan fingerprint density at radius 3 is 2.53 bits per heavy atom. The number of carbonyl (C=O) groups is 1. The third-order valence-electron chi connectivity index (χ3n) is 4.89. The molecule has 0 radical (unpaired) electrons. The maximum absolute atomic E-state index is 13.4. The summed E-state index contributed by atoms with van der Waals surface area (Å²) < 4.78 is 18.0. The van der Waals surface area contributed by atoms with Gasteiger partial charge in [-0.05, 0) is 48.9 Å². The summed E-state index contributed by atoms with van der Waals surface area (Å²) in [7, 11) is 3.20. The van der Waals surface area contributed by atoms with E-state index in [1.165, 1.54) is 0 Å². The van der Waals surface area contributed by atoms with E-state index in [0.717, 1.165) is 16.5 Å². The Bertz CT molecular complexity index is 1210. The molecule has 0 saturated carbocycles. The van der Waals surface area contributed by atoms with Crippen molar-refractivity contribution in [1.29, 1.82) is 0 Å². The molecule has 0 aliphatic heterocycles. The molecule has 0 bridgehead atoms. The molecule has 4 rings (SSSR count). The fourth-order valence-corrected chi connectivity index (χ4v) is 3.50. The number of methoxy groups -OCH3 is 2. The topological polar surface area (TPSA) is 62.6 Å². The lowest BCUT2D eigenvalue weighted by atomic mass is 10.1. The highest BCUT2D eigenvalue weighted by Gasteiger charge is 2.20. The molecule has 2 aromatic carbocycles. The number of pyridine rings is 1. The summed E-state index contributed by atoms with van der Waals surface area (Å²) in [5, 5.41) is 0.868. The van der Waals surface area contributed by atoms with Gasteiger partial charge < -0.3 is 14.2 Å². The van der Waals surface area contributed by atoms with Crippen LogP contribution in [0, 0.1) is 0 Å². The van der Waals surface area contributed by atoms with Crippen LogP contribution in [0.1, 0.15) is 17.3 Å². The van der Waals surface area contributed by atoms with Crippen LogP contribution in [-0.2, 0) is 0 Å². The van der Waals surface area contributed by atoms with Gasteiger partial charge in [0.2, 0.25) is 0 Å². The van der Waals surface area contributed by atoms with Crippen LogP contribution in [0.25, 0.3) is 22.2 Å². The fourth-order valence-electron chi connectivity index (χ4n) is 3.50. The molecule has 0 aliphatic rings. The number of aromatic nitrogens is 2. The van der Waals surface area contributed by atoms with E-state index < -0.39 is 0 Å². The van der Waals surface area contributed by atoms with Crippen LogP contribution in [0.3, 0.4) is 0 Å². The van der Waals surface area contributed by atoms with Crippen molar-refractivity contribution in [3.05, 3.63) is 72.6 Å². The third kappa shape index (κ3) is 3.37. The molecule has 0 amide bonds. The third-order valence-corrected chi connectivity index (χ3v) is 4.89. The van der Waals surface area contributed by atoms with E-state index in [9.17, 15) is 4.79 Å². The van der Waals surface area contributed by atoms with Gasteiger partial charge in [-0.2, -0.15) is 0 Å². The minimum atomic E-state index is -0.200. The maximum atomic E-state index is 13.4. The molecule has 6 heteroatoms. The molecule has 6 nitrogen and oxygen atoms in total. The summed E-state index contributed by atoms with van der Waals surface area (Å²) in [6, 6.07) is 16.7. The molecule has 2 heterocycles. The molecule has 2 aromatic heterocycles. The number of nitrogens with zero attached hydrogens (tertiary/aromatic N) is 2. The van der Waals surface area contributed by atoms with Gasteiger partial charge >= 0.3 is 0 Å². The predicted molar refractivity (Wildman–Crippen MR) is 116 cm³/mol. The summed E-state index contributed by atoms with van der Waals surface area (Å²) in [6.45, 7) is 2.37. The molecular weight excluding hydrogens is 380 g/mol. The van der Waals surface area contributed by atoms with Crippen LogP contribution >= 0.6 is 0 Å². The second-order valence-corrected chi connectivity index (χ2v) is 6.59. The highest BCUT2D eigenvalue weighted by molar-refractivity contribution is 6.06. The SMILES string of the molecule is CCOc1ccccc1C(=O)n1cc(-c2ccc(OC)c(OC)c2)c2cccnc21. The molecular formula is C24H22N2O4. The number of hydrogen-bond acceptors (Lipinski definition) is 5. The molecule has 0 atom stereocenters. The van der Waals surface area contributed by atoms with Crippen molar-refractivity contribution in [3.63, 3.8) is 0 Å². The number of rotatable bonds is 6. The summed E-state index contributed by atoms with van der Waals surface area (Å²) in [5.41, 5.74) is 2.84. The maximum Gasteiger partial charge on any atom is 0.267 e. The van der Waals surface area contributed by atoms with Gasteiger partial charge in [0.25, 0.3) is 5.91 Å². The molecule has 0 fully saturated rings. The number of benzene rings is 2. The smallest absolute Gasteiger partial charge is 0.267 e. The highest BCUT2D eigenvalue weighted by Crippen LogP contribution is 2.36. The van der Waals surface area contributed by atoms with Crippen LogP contribution in [0.2, 0.25) is 0 Å². The molecule has 0 aliphatic carbocycles. The zero-order valence-corrected chi connectivity index (χ0v) is 17.1. The molecule has 152 valence electrons. The van der Waals surface area contributed by atoms with Crippen molar-refractivity contribution in [1.82, 2.24) is 9.55 Å². The first-order valence-electron chi connectivity index (χ1n) is 9.63. The van der Waals surface area contributed by atoms with Crippen molar-refractivity contribution in [2.24, 2.45) is 0 Å². The zero-order valence-electron chi connectivity index (χ0n) is 17.1. The lowest BCUT2D eigenvalue weighted by Gasteiger charge is -2.10. The average Bonchev–Trinajstić information content (AvgIpc) is 3.18. The first kappa shape index (κ1) is 19.5. The van der Waals surface area contributed by atoms with E-state index in [2.05, 4.69) is 4.98 Å². The first-order chi connectivity index (χ1) is 14.7. The molecule has 0 spiro atoms. The largest absolute Gasteiger partial charge is 0.493 e. The summed E-state index contributed by atoms with van der Waals surface area (Å²) in [4.78, 5) is 17.9. The first-order valence-corrected chi connectivity index (χ1v) is 9.63. The highest BCUT2D eigenvalue weighted by atomic mass is 16.5. The van der Waals surface area contributed by atoms with Gasteiger partial charge in [-0.15, -0.1) is 0 Å². The van der Waals surface area contributed by atoms with E-state index in [1.807, 2.05) is 55.6 Å². The van der Waals surface area contributed by atoms with Crippen LogP contribution in [0.4, 0.5) is 0 Å². The minimum absolute atomic E-state index is 0.200. The molecule has 4 aromatic rings. The lowest BCUT2D eigenvalue weighted by molar-refractivity contribution is 0.0960. The number of carbonyl (C=O) groups excluding carboxylic acids is 1. The van der Waals surface area contributed by atoms with Crippen LogP contribution < -0.4 is 14.2 Å². The van der Waals surface area contributed by atoms with Gasteiger partial charge in [0.15, 0.2) is 11.5 Å². The number of fused-ring (bicyclic) bond motifs is 1. The van der Waals surface area contributed by atoms with E-state index in [-0.39, 0.29) is 5.91 Å². The number of hydrogen-bond donors (Lipinski definition) is 0. The second-order valence-electron chi connectivity index (χ2n) is 6.59. The van der Waals surface area contributed by atoms with Crippen LogP contribution in [0.5, 0.6) is 17.2 Å². The Labute approximate surface area is 174 Å². The zero-order chi connectivity index (χ0) is 21.1. The fraction of sp³-hybridized carbons (Fsp3) is 0.167. The van der Waals surface area contributed by atoms with Crippen molar-refractivity contribution >= 4 is 16.9 Å². The Balaban J connectivity index is 1.88. The monoisotopic (exact) mass is 402 g/mol. The van der Waals surface area contributed by atoms with Crippen molar-refractivity contribution in [2.45, 2.75) is 6.92 Å². The molecule has 0 N–H and O–H groups in total. The van der Waals surface area contributed by atoms with Crippen molar-refractivity contribution in [2.75, 3.05) is 20.8 Å². The predicted octanol–water partition coefficient (Wildman–Crippen LogP) is 4.81. The number of ether oxygens (including phenoxy) is 3.